The Morgan fingerprint density at radius 1 is 1.18 bits per heavy atom. The van der Waals surface area contributed by atoms with Crippen LogP contribution < -0.4 is 0 Å². The van der Waals surface area contributed by atoms with Crippen molar-refractivity contribution in [3.05, 3.63) is 0 Å². The Balaban J connectivity index is 1.98. The zero-order valence-electron chi connectivity index (χ0n) is 7.55. The largest absolute Gasteiger partial charge is 0.366 e. The fourth-order valence-electron chi connectivity index (χ4n) is 3.51. The lowest BCUT2D eigenvalue weighted by Crippen LogP contribution is -2.56. The summed E-state index contributed by atoms with van der Waals surface area (Å²) >= 11 is 0. The van der Waals surface area contributed by atoms with E-state index in [4.69, 9.17) is 4.74 Å². The summed E-state index contributed by atoms with van der Waals surface area (Å²) in [6.45, 7) is 7.13. The Morgan fingerprint density at radius 2 is 1.91 bits per heavy atom. The van der Waals surface area contributed by atoms with Crippen molar-refractivity contribution in [1.29, 1.82) is 0 Å². The van der Waals surface area contributed by atoms with Crippen molar-refractivity contribution in [3.63, 3.8) is 0 Å². The Bertz CT molecular complexity index is 216. The van der Waals surface area contributed by atoms with Gasteiger partial charge in [-0.2, -0.15) is 0 Å². The van der Waals surface area contributed by atoms with E-state index in [1.54, 1.807) is 0 Å². The number of rotatable bonds is 0. The molecule has 0 aromatic heterocycles. The maximum atomic E-state index is 5.75. The normalized spacial score (nSPS) is 63.0. The molecule has 4 rings (SSSR count). The summed E-state index contributed by atoms with van der Waals surface area (Å²) in [6, 6.07) is 0. The summed E-state index contributed by atoms with van der Waals surface area (Å²) < 4.78 is 5.75. The van der Waals surface area contributed by atoms with Crippen LogP contribution in [0.15, 0.2) is 0 Å². The highest BCUT2D eigenvalue weighted by Crippen LogP contribution is 2.70. The Kier molecular flexibility index (Phi) is 0.820. The second-order valence-corrected chi connectivity index (χ2v) is 5.33. The van der Waals surface area contributed by atoms with Gasteiger partial charge >= 0.3 is 0 Å². The van der Waals surface area contributed by atoms with Crippen molar-refractivity contribution in [2.75, 3.05) is 0 Å². The van der Waals surface area contributed by atoms with Crippen LogP contribution >= 0.6 is 0 Å². The van der Waals surface area contributed by atoms with Crippen molar-refractivity contribution < 1.29 is 4.74 Å². The van der Waals surface area contributed by atoms with Gasteiger partial charge in [0.05, 0.1) is 11.7 Å². The van der Waals surface area contributed by atoms with Gasteiger partial charge in [0.1, 0.15) is 0 Å². The van der Waals surface area contributed by atoms with Gasteiger partial charge in [-0.05, 0) is 37.0 Å². The predicted octanol–water partition coefficient (Wildman–Crippen LogP) is 2.21. The molecule has 0 radical (unpaired) electrons. The Labute approximate surface area is 68.1 Å². The summed E-state index contributed by atoms with van der Waals surface area (Å²) in [5, 5.41) is 0. The molecule has 2 bridgehead atoms. The number of hydrogen-bond donors (Lipinski definition) is 0. The van der Waals surface area contributed by atoms with Crippen LogP contribution in [0.1, 0.15) is 33.6 Å². The first-order valence-electron chi connectivity index (χ1n) is 4.73. The van der Waals surface area contributed by atoms with E-state index in [2.05, 4.69) is 20.8 Å². The van der Waals surface area contributed by atoms with Gasteiger partial charge < -0.3 is 4.74 Å². The lowest BCUT2D eigenvalue weighted by atomic mass is 9.46. The summed E-state index contributed by atoms with van der Waals surface area (Å²) in [5.41, 5.74) is 0.889. The van der Waals surface area contributed by atoms with E-state index in [9.17, 15) is 0 Å². The van der Waals surface area contributed by atoms with Crippen molar-refractivity contribution in [2.24, 2.45) is 17.3 Å². The molecule has 3 saturated carbocycles. The molecular formula is C10H16O. The monoisotopic (exact) mass is 152 g/mol. The van der Waals surface area contributed by atoms with Gasteiger partial charge in [-0.25, -0.2) is 0 Å². The lowest BCUT2D eigenvalue weighted by molar-refractivity contribution is -0.0789. The number of epoxide rings is 1. The van der Waals surface area contributed by atoms with Gasteiger partial charge in [0.2, 0.25) is 0 Å². The minimum atomic E-state index is 0.304. The topological polar surface area (TPSA) is 12.5 Å². The molecule has 1 nitrogen and oxygen atoms in total. The highest BCUT2D eigenvalue weighted by molar-refractivity contribution is 5.20. The zero-order valence-corrected chi connectivity index (χ0v) is 7.55. The van der Waals surface area contributed by atoms with Gasteiger partial charge in [0, 0.05) is 0 Å². The van der Waals surface area contributed by atoms with Crippen LogP contribution in [0.25, 0.3) is 0 Å². The first kappa shape index (κ1) is 6.47. The SMILES string of the molecule is CC1(C)[C@H]2C[C@@H]3OC3(C)[C@@H]1C2. The highest BCUT2D eigenvalue weighted by Gasteiger charge is 2.72. The molecule has 0 N–H and O–H groups in total. The Hall–Kier alpha value is -0.0400. The van der Waals surface area contributed by atoms with Crippen LogP contribution in [0.2, 0.25) is 0 Å². The van der Waals surface area contributed by atoms with Gasteiger partial charge in [-0.15, -0.1) is 0 Å². The van der Waals surface area contributed by atoms with E-state index in [1.807, 2.05) is 0 Å². The van der Waals surface area contributed by atoms with Crippen LogP contribution in [0.5, 0.6) is 0 Å². The third-order valence-corrected chi connectivity index (χ3v) is 4.64. The van der Waals surface area contributed by atoms with E-state index in [-0.39, 0.29) is 0 Å². The van der Waals surface area contributed by atoms with Gasteiger partial charge in [0.15, 0.2) is 0 Å². The second-order valence-electron chi connectivity index (χ2n) is 5.33. The van der Waals surface area contributed by atoms with E-state index in [0.29, 0.717) is 17.1 Å². The summed E-state index contributed by atoms with van der Waals surface area (Å²) in [4.78, 5) is 0. The average Bonchev–Trinajstić information content (AvgIpc) is 2.58. The molecule has 3 aliphatic carbocycles. The molecule has 1 heterocycles. The van der Waals surface area contributed by atoms with E-state index in [1.165, 1.54) is 12.8 Å². The first-order chi connectivity index (χ1) is 5.05. The standard InChI is InChI=1S/C10H16O/c1-9(2)6-4-7(9)10(3)8(5-6)11-10/h6-8H,4-5H2,1-3H3/t6-,7-,8+,10?/m1/s1. The molecule has 4 fully saturated rings. The van der Waals surface area contributed by atoms with Crippen molar-refractivity contribution >= 4 is 0 Å². The van der Waals surface area contributed by atoms with Crippen LogP contribution in [-0.4, -0.2) is 11.7 Å². The third-order valence-electron chi connectivity index (χ3n) is 4.64. The molecule has 62 valence electrons. The summed E-state index contributed by atoms with van der Waals surface area (Å²) in [7, 11) is 0. The molecule has 0 amide bonds. The first-order valence-corrected chi connectivity index (χ1v) is 4.73. The minimum absolute atomic E-state index is 0.304. The van der Waals surface area contributed by atoms with Crippen LogP contribution in [-0.2, 0) is 4.74 Å². The van der Waals surface area contributed by atoms with Crippen molar-refractivity contribution in [2.45, 2.75) is 45.3 Å². The molecule has 0 aromatic carbocycles. The molecule has 1 saturated heterocycles. The van der Waals surface area contributed by atoms with Gasteiger partial charge in [-0.3, -0.25) is 0 Å². The molecule has 4 atom stereocenters. The van der Waals surface area contributed by atoms with Crippen molar-refractivity contribution in [3.8, 4) is 0 Å². The maximum absolute atomic E-state index is 5.75. The van der Waals surface area contributed by atoms with Gasteiger partial charge in [0.25, 0.3) is 0 Å². The van der Waals surface area contributed by atoms with Crippen LogP contribution in [0, 0.1) is 17.3 Å². The molecule has 0 aromatic rings. The summed E-state index contributed by atoms with van der Waals surface area (Å²) in [6.07, 6.45) is 3.40. The molecule has 11 heavy (non-hydrogen) atoms. The fourth-order valence-corrected chi connectivity index (χ4v) is 3.51. The lowest BCUT2D eigenvalue weighted by Gasteiger charge is -2.57. The Morgan fingerprint density at radius 3 is 2.36 bits per heavy atom. The molecule has 0 spiro atoms. The quantitative estimate of drug-likeness (QED) is 0.485. The molecule has 1 aliphatic heterocycles. The number of hydrogen-bond acceptors (Lipinski definition) is 1. The van der Waals surface area contributed by atoms with Crippen LogP contribution in [0.3, 0.4) is 0 Å². The van der Waals surface area contributed by atoms with E-state index in [0.717, 1.165) is 11.8 Å². The second kappa shape index (κ2) is 1.39. The highest BCUT2D eigenvalue weighted by atomic mass is 16.6. The molecule has 1 unspecified atom stereocenters. The average molecular weight is 152 g/mol. The maximum Gasteiger partial charge on any atom is 0.0953 e. The molecular weight excluding hydrogens is 136 g/mol. The van der Waals surface area contributed by atoms with Crippen LogP contribution in [0.4, 0.5) is 0 Å². The smallest absolute Gasteiger partial charge is 0.0953 e. The minimum Gasteiger partial charge on any atom is -0.366 e. The van der Waals surface area contributed by atoms with E-state index < -0.39 is 0 Å². The molecule has 4 aliphatic rings. The van der Waals surface area contributed by atoms with Crippen molar-refractivity contribution in [1.82, 2.24) is 0 Å². The fraction of sp³-hybridized carbons (Fsp3) is 1.00. The predicted molar refractivity (Wildman–Crippen MR) is 43.3 cm³/mol. The van der Waals surface area contributed by atoms with E-state index >= 15 is 0 Å². The number of ether oxygens (including phenoxy) is 1. The third kappa shape index (κ3) is 0.516. The molecule has 1 heteroatoms. The summed E-state index contributed by atoms with van der Waals surface area (Å²) in [5.74, 6) is 1.83. The van der Waals surface area contributed by atoms with Gasteiger partial charge in [-0.1, -0.05) is 13.8 Å². The zero-order chi connectivity index (χ0) is 7.85.